The fourth-order valence-electron chi connectivity index (χ4n) is 2.97. The molecule has 1 saturated heterocycles. The second-order valence-electron chi connectivity index (χ2n) is 7.01. The summed E-state index contributed by atoms with van der Waals surface area (Å²) >= 11 is 0. The maximum atomic E-state index is 12.8. The number of hydrogen-bond donors (Lipinski definition) is 0. The topological polar surface area (TPSA) is 49.9 Å². The van der Waals surface area contributed by atoms with E-state index >= 15 is 0 Å². The lowest BCUT2D eigenvalue weighted by Gasteiger charge is -2.30. The third-order valence-electron chi connectivity index (χ3n) is 4.11. The fourth-order valence-corrected chi connectivity index (χ4v) is 2.97. The first kappa shape index (κ1) is 18.9. The predicted octanol–water partition coefficient (Wildman–Crippen LogP) is 2.42. The zero-order valence-corrected chi connectivity index (χ0v) is 15.5. The van der Waals surface area contributed by atoms with Crippen molar-refractivity contribution < 1.29 is 14.3 Å². The Morgan fingerprint density at radius 1 is 1.20 bits per heavy atom. The van der Waals surface area contributed by atoms with E-state index in [4.69, 9.17) is 4.74 Å². The van der Waals surface area contributed by atoms with Crippen LogP contribution < -0.4 is 4.74 Å². The number of ether oxygens (including phenoxy) is 1. The number of hydrogen-bond acceptors (Lipinski definition) is 3. The van der Waals surface area contributed by atoms with Crippen molar-refractivity contribution in [2.75, 3.05) is 33.3 Å². The van der Waals surface area contributed by atoms with E-state index in [-0.39, 0.29) is 23.8 Å². The first-order valence-corrected chi connectivity index (χ1v) is 8.53. The quantitative estimate of drug-likeness (QED) is 0.793. The molecule has 25 heavy (non-hydrogen) atoms. The largest absolute Gasteiger partial charge is 0.497 e. The molecule has 1 aliphatic heterocycles. The van der Waals surface area contributed by atoms with Gasteiger partial charge in [0.25, 0.3) is 5.91 Å². The van der Waals surface area contributed by atoms with Crippen LogP contribution in [-0.4, -0.2) is 54.9 Å². The van der Waals surface area contributed by atoms with E-state index in [1.807, 2.05) is 6.92 Å². The van der Waals surface area contributed by atoms with Gasteiger partial charge >= 0.3 is 0 Å². The fraction of sp³-hybridized carbons (Fsp3) is 0.500. The second-order valence-corrected chi connectivity index (χ2v) is 7.01. The summed E-state index contributed by atoms with van der Waals surface area (Å²) in [7, 11) is 1.59. The van der Waals surface area contributed by atoms with Crippen LogP contribution in [0, 0.1) is 17.3 Å². The summed E-state index contributed by atoms with van der Waals surface area (Å²) in [6, 6.07) is 6.97. The van der Waals surface area contributed by atoms with Gasteiger partial charge in [-0.1, -0.05) is 26.7 Å². The number of rotatable bonds is 3. The average Bonchev–Trinajstić information content (AvgIpc) is 2.70. The van der Waals surface area contributed by atoms with Crippen molar-refractivity contribution >= 4 is 11.8 Å². The van der Waals surface area contributed by atoms with Crippen molar-refractivity contribution in [2.24, 2.45) is 5.41 Å². The molecule has 1 aromatic rings. The van der Waals surface area contributed by atoms with Crippen LogP contribution in [0.2, 0.25) is 0 Å². The van der Waals surface area contributed by atoms with Gasteiger partial charge in [-0.25, -0.2) is 0 Å². The third kappa shape index (κ3) is 4.99. The Bertz CT molecular complexity index is 683. The molecule has 0 aliphatic carbocycles. The molecule has 0 atom stereocenters. The van der Waals surface area contributed by atoms with E-state index < -0.39 is 0 Å². The number of methoxy groups -OCH3 is 1. The summed E-state index contributed by atoms with van der Waals surface area (Å²) in [4.78, 5) is 28.8. The summed E-state index contributed by atoms with van der Waals surface area (Å²) in [6.45, 7) is 7.75. The molecule has 1 fully saturated rings. The molecule has 0 spiro atoms. The summed E-state index contributed by atoms with van der Waals surface area (Å²) in [6.07, 6.45) is 0.771. The van der Waals surface area contributed by atoms with Gasteiger partial charge < -0.3 is 14.5 Å². The molecule has 1 heterocycles. The maximum absolute atomic E-state index is 12.8. The van der Waals surface area contributed by atoms with E-state index in [1.165, 1.54) is 0 Å². The number of benzene rings is 1. The van der Waals surface area contributed by atoms with Crippen LogP contribution in [0.4, 0.5) is 0 Å². The summed E-state index contributed by atoms with van der Waals surface area (Å²) in [5.41, 5.74) is 0.367. The molecule has 0 aromatic heterocycles. The lowest BCUT2D eigenvalue weighted by Crippen LogP contribution is -2.39. The van der Waals surface area contributed by atoms with Gasteiger partial charge in [-0.15, -0.1) is 5.92 Å². The van der Waals surface area contributed by atoms with E-state index in [9.17, 15) is 9.59 Å². The first-order valence-electron chi connectivity index (χ1n) is 8.53. The number of nitrogens with zero attached hydrogens (tertiary/aromatic N) is 2. The molecule has 5 heteroatoms. The highest BCUT2D eigenvalue weighted by Crippen LogP contribution is 2.24. The zero-order chi connectivity index (χ0) is 18.4. The Morgan fingerprint density at radius 3 is 2.48 bits per heavy atom. The predicted molar refractivity (Wildman–Crippen MR) is 97.3 cm³/mol. The van der Waals surface area contributed by atoms with Gasteiger partial charge in [0.1, 0.15) is 12.3 Å². The summed E-state index contributed by atoms with van der Waals surface area (Å²) in [5.74, 6) is 6.53. The Kier molecular flexibility index (Phi) is 6.08. The first-order chi connectivity index (χ1) is 11.9. The summed E-state index contributed by atoms with van der Waals surface area (Å²) < 4.78 is 5.13. The van der Waals surface area contributed by atoms with Crippen LogP contribution >= 0.6 is 0 Å². The number of carbonyl (C=O) groups excluding carboxylic acids is 2. The number of amides is 2. The lowest BCUT2D eigenvalue weighted by molar-refractivity contribution is -0.130. The van der Waals surface area contributed by atoms with Gasteiger partial charge in [0, 0.05) is 30.5 Å². The molecule has 0 radical (unpaired) electrons. The molecule has 1 aromatic carbocycles. The molecule has 2 amide bonds. The highest BCUT2D eigenvalue weighted by molar-refractivity contribution is 5.96. The standard InChI is InChI=1S/C20H26N2O3/c1-5-6-7-12-21-14-20(2,3)15-22(13-18(21)23)19(24)16-8-10-17(25-4)11-9-16/h8-11H,5,12-15H2,1-4H3. The van der Waals surface area contributed by atoms with Crippen LogP contribution in [0.5, 0.6) is 5.75 Å². The van der Waals surface area contributed by atoms with Crippen LogP contribution in [0.1, 0.15) is 37.6 Å². The minimum Gasteiger partial charge on any atom is -0.497 e. The molecule has 1 aliphatic rings. The minimum absolute atomic E-state index is 0.0576. The van der Waals surface area contributed by atoms with Crippen LogP contribution in [-0.2, 0) is 4.79 Å². The van der Waals surface area contributed by atoms with Gasteiger partial charge in [-0.05, 0) is 24.3 Å². The minimum atomic E-state index is -0.192. The van der Waals surface area contributed by atoms with E-state index in [1.54, 1.807) is 41.2 Å². The highest BCUT2D eigenvalue weighted by Gasteiger charge is 2.34. The van der Waals surface area contributed by atoms with Crippen LogP contribution in [0.15, 0.2) is 24.3 Å². The second kappa shape index (κ2) is 8.06. The maximum Gasteiger partial charge on any atom is 0.254 e. The third-order valence-corrected chi connectivity index (χ3v) is 4.11. The molecule has 0 bridgehead atoms. The molecule has 134 valence electrons. The van der Waals surface area contributed by atoms with Crippen molar-refractivity contribution in [3.05, 3.63) is 29.8 Å². The Balaban J connectivity index is 2.17. The smallest absolute Gasteiger partial charge is 0.254 e. The van der Waals surface area contributed by atoms with Crippen LogP contribution in [0.25, 0.3) is 0 Å². The Morgan fingerprint density at radius 2 is 1.88 bits per heavy atom. The van der Waals surface area contributed by atoms with Crippen molar-refractivity contribution in [2.45, 2.75) is 27.2 Å². The number of carbonyl (C=O) groups is 2. The molecular weight excluding hydrogens is 316 g/mol. The Labute approximate surface area is 149 Å². The average molecular weight is 342 g/mol. The van der Waals surface area contributed by atoms with E-state index in [0.29, 0.717) is 30.9 Å². The molecule has 0 unspecified atom stereocenters. The highest BCUT2D eigenvalue weighted by atomic mass is 16.5. The molecular formula is C20H26N2O3. The van der Waals surface area contributed by atoms with Crippen LogP contribution in [0.3, 0.4) is 0 Å². The van der Waals surface area contributed by atoms with Crippen molar-refractivity contribution in [3.8, 4) is 17.6 Å². The zero-order valence-electron chi connectivity index (χ0n) is 15.5. The van der Waals surface area contributed by atoms with Crippen molar-refractivity contribution in [1.29, 1.82) is 0 Å². The van der Waals surface area contributed by atoms with E-state index in [0.717, 1.165) is 6.42 Å². The van der Waals surface area contributed by atoms with Crippen molar-refractivity contribution in [3.63, 3.8) is 0 Å². The SMILES string of the molecule is CCC#CCN1CC(C)(C)CN(C(=O)c2ccc(OC)cc2)CC1=O. The van der Waals surface area contributed by atoms with Gasteiger partial charge in [0.2, 0.25) is 5.91 Å². The monoisotopic (exact) mass is 342 g/mol. The molecule has 0 N–H and O–H groups in total. The molecule has 0 saturated carbocycles. The molecule has 2 rings (SSSR count). The van der Waals surface area contributed by atoms with Gasteiger partial charge in [-0.3, -0.25) is 9.59 Å². The van der Waals surface area contributed by atoms with Gasteiger partial charge in [0.15, 0.2) is 0 Å². The summed E-state index contributed by atoms with van der Waals surface area (Å²) in [5, 5.41) is 0. The van der Waals surface area contributed by atoms with Crippen molar-refractivity contribution in [1.82, 2.24) is 9.80 Å². The van der Waals surface area contributed by atoms with Gasteiger partial charge in [-0.2, -0.15) is 0 Å². The molecule has 5 nitrogen and oxygen atoms in total. The normalized spacial score (nSPS) is 16.7. The Hall–Kier alpha value is -2.48. The lowest BCUT2D eigenvalue weighted by atomic mass is 9.92. The van der Waals surface area contributed by atoms with Gasteiger partial charge in [0.05, 0.1) is 13.7 Å². The van der Waals surface area contributed by atoms with E-state index in [2.05, 4.69) is 25.7 Å².